The van der Waals surface area contributed by atoms with Crippen LogP contribution in [-0.2, 0) is 0 Å². The number of rotatable bonds is 4. The number of carbonyl (C=O) groups excluding carboxylic acids is 1. The quantitative estimate of drug-likeness (QED) is 0.927. The van der Waals surface area contributed by atoms with Crippen molar-refractivity contribution in [3.63, 3.8) is 0 Å². The van der Waals surface area contributed by atoms with E-state index in [0.717, 1.165) is 35.7 Å². The molecule has 0 atom stereocenters. The molecule has 0 saturated carbocycles. The van der Waals surface area contributed by atoms with Gasteiger partial charge in [0.15, 0.2) is 0 Å². The number of piperazine rings is 1. The van der Waals surface area contributed by atoms with E-state index in [9.17, 15) is 4.79 Å². The van der Waals surface area contributed by atoms with Crippen LogP contribution < -0.4 is 0 Å². The second kappa shape index (κ2) is 7.42. The first-order chi connectivity index (χ1) is 12.0. The molecular formula is C20H27N3O2. The number of benzene rings is 1. The van der Waals surface area contributed by atoms with Gasteiger partial charge < -0.3 is 14.6 Å². The Kier molecular flexibility index (Phi) is 5.25. The molecule has 1 aromatic heterocycles. The number of aryl methyl sites for hydroxylation is 2. The third kappa shape index (κ3) is 3.48. The molecule has 1 aliphatic heterocycles. The standard InChI is InChI=1S/C20H27N3O2/c1-15-6-4-5-7-19(15)23-16(2)14-18(17(23)3)20(25)22-10-8-21(9-11-22)12-13-24/h4-7,14,24H,8-13H2,1-3H3. The summed E-state index contributed by atoms with van der Waals surface area (Å²) in [6.07, 6.45) is 0. The number of carbonyl (C=O) groups is 1. The number of hydrogen-bond donors (Lipinski definition) is 1. The minimum atomic E-state index is 0.108. The molecule has 1 amide bonds. The minimum absolute atomic E-state index is 0.108. The summed E-state index contributed by atoms with van der Waals surface area (Å²) in [5.74, 6) is 0.108. The summed E-state index contributed by atoms with van der Waals surface area (Å²) < 4.78 is 2.17. The summed E-state index contributed by atoms with van der Waals surface area (Å²) in [7, 11) is 0. The molecule has 0 spiro atoms. The molecule has 25 heavy (non-hydrogen) atoms. The molecule has 0 aliphatic carbocycles. The summed E-state index contributed by atoms with van der Waals surface area (Å²) in [4.78, 5) is 17.1. The van der Waals surface area contributed by atoms with Crippen molar-refractivity contribution >= 4 is 5.91 Å². The minimum Gasteiger partial charge on any atom is -0.395 e. The third-order valence-corrected chi connectivity index (χ3v) is 5.09. The average Bonchev–Trinajstić information content (AvgIpc) is 2.90. The monoisotopic (exact) mass is 341 g/mol. The molecule has 0 radical (unpaired) electrons. The van der Waals surface area contributed by atoms with Crippen LogP contribution in [0.15, 0.2) is 30.3 Å². The Morgan fingerprint density at radius 1 is 1.08 bits per heavy atom. The summed E-state index contributed by atoms with van der Waals surface area (Å²) in [6.45, 7) is 10.1. The van der Waals surface area contributed by atoms with E-state index in [-0.39, 0.29) is 12.5 Å². The van der Waals surface area contributed by atoms with Crippen LogP contribution in [0, 0.1) is 20.8 Å². The first-order valence-electron chi connectivity index (χ1n) is 8.90. The number of aliphatic hydroxyl groups excluding tert-OH is 1. The maximum atomic E-state index is 13.0. The van der Waals surface area contributed by atoms with Crippen LogP contribution in [0.5, 0.6) is 0 Å². The van der Waals surface area contributed by atoms with E-state index in [4.69, 9.17) is 5.11 Å². The van der Waals surface area contributed by atoms with Crippen molar-refractivity contribution in [2.75, 3.05) is 39.3 Å². The number of nitrogens with zero attached hydrogens (tertiary/aromatic N) is 3. The van der Waals surface area contributed by atoms with E-state index < -0.39 is 0 Å². The lowest BCUT2D eigenvalue weighted by Crippen LogP contribution is -2.49. The Balaban J connectivity index is 1.84. The Hall–Kier alpha value is -2.11. The average molecular weight is 341 g/mol. The highest BCUT2D eigenvalue weighted by Crippen LogP contribution is 2.24. The zero-order valence-electron chi connectivity index (χ0n) is 15.3. The van der Waals surface area contributed by atoms with E-state index in [0.29, 0.717) is 19.6 Å². The highest BCUT2D eigenvalue weighted by atomic mass is 16.3. The van der Waals surface area contributed by atoms with Crippen LogP contribution >= 0.6 is 0 Å². The Bertz CT molecular complexity index is 758. The topological polar surface area (TPSA) is 48.7 Å². The van der Waals surface area contributed by atoms with Crippen LogP contribution in [0.3, 0.4) is 0 Å². The molecule has 0 unspecified atom stereocenters. The zero-order valence-corrected chi connectivity index (χ0v) is 15.3. The van der Waals surface area contributed by atoms with Crippen LogP contribution in [0.2, 0.25) is 0 Å². The van der Waals surface area contributed by atoms with Gasteiger partial charge in [-0.25, -0.2) is 0 Å². The molecular weight excluding hydrogens is 314 g/mol. The van der Waals surface area contributed by atoms with Gasteiger partial charge in [-0.2, -0.15) is 0 Å². The van der Waals surface area contributed by atoms with Crippen LogP contribution in [-0.4, -0.2) is 64.7 Å². The highest BCUT2D eigenvalue weighted by Gasteiger charge is 2.25. The number of aliphatic hydroxyl groups is 1. The second-order valence-corrected chi connectivity index (χ2v) is 6.76. The van der Waals surface area contributed by atoms with Gasteiger partial charge in [0.2, 0.25) is 0 Å². The first-order valence-corrected chi connectivity index (χ1v) is 8.90. The van der Waals surface area contributed by atoms with Gasteiger partial charge in [-0.3, -0.25) is 9.69 Å². The van der Waals surface area contributed by atoms with Crippen molar-refractivity contribution in [1.29, 1.82) is 0 Å². The molecule has 1 saturated heterocycles. The summed E-state index contributed by atoms with van der Waals surface area (Å²) >= 11 is 0. The molecule has 1 N–H and O–H groups in total. The molecule has 1 aliphatic rings. The van der Waals surface area contributed by atoms with Gasteiger partial charge in [-0.1, -0.05) is 18.2 Å². The van der Waals surface area contributed by atoms with Crippen molar-refractivity contribution in [2.24, 2.45) is 0 Å². The van der Waals surface area contributed by atoms with Gasteiger partial charge in [0, 0.05) is 49.8 Å². The SMILES string of the molecule is Cc1ccccc1-n1c(C)cc(C(=O)N2CCN(CCO)CC2)c1C. The predicted molar refractivity (Wildman–Crippen MR) is 99.4 cm³/mol. The van der Waals surface area contributed by atoms with Crippen molar-refractivity contribution in [3.8, 4) is 5.69 Å². The van der Waals surface area contributed by atoms with E-state index in [1.807, 2.05) is 30.0 Å². The molecule has 1 aromatic carbocycles. The summed E-state index contributed by atoms with van der Waals surface area (Å²) in [6, 6.07) is 10.3. The predicted octanol–water partition coefficient (Wildman–Crippen LogP) is 2.15. The smallest absolute Gasteiger partial charge is 0.255 e. The number of amides is 1. The maximum absolute atomic E-state index is 13.0. The van der Waals surface area contributed by atoms with Crippen molar-refractivity contribution in [2.45, 2.75) is 20.8 Å². The van der Waals surface area contributed by atoms with E-state index in [2.05, 4.69) is 35.4 Å². The largest absolute Gasteiger partial charge is 0.395 e. The molecule has 2 aromatic rings. The fourth-order valence-corrected chi connectivity index (χ4v) is 3.65. The Morgan fingerprint density at radius 2 is 1.76 bits per heavy atom. The van der Waals surface area contributed by atoms with Gasteiger partial charge in [0.05, 0.1) is 12.2 Å². The van der Waals surface area contributed by atoms with Gasteiger partial charge in [-0.15, -0.1) is 0 Å². The summed E-state index contributed by atoms with van der Waals surface area (Å²) in [5, 5.41) is 9.05. The van der Waals surface area contributed by atoms with Crippen molar-refractivity contribution < 1.29 is 9.90 Å². The molecule has 134 valence electrons. The van der Waals surface area contributed by atoms with E-state index in [1.165, 1.54) is 5.56 Å². The highest BCUT2D eigenvalue weighted by molar-refractivity contribution is 5.96. The van der Waals surface area contributed by atoms with Gasteiger partial charge in [0.1, 0.15) is 0 Å². The lowest BCUT2D eigenvalue weighted by molar-refractivity contribution is 0.0614. The number of para-hydroxylation sites is 1. The maximum Gasteiger partial charge on any atom is 0.255 e. The van der Waals surface area contributed by atoms with Crippen molar-refractivity contribution in [3.05, 3.63) is 52.8 Å². The third-order valence-electron chi connectivity index (χ3n) is 5.09. The number of aromatic nitrogens is 1. The lowest BCUT2D eigenvalue weighted by atomic mass is 10.1. The normalized spacial score (nSPS) is 15.6. The Morgan fingerprint density at radius 3 is 2.40 bits per heavy atom. The van der Waals surface area contributed by atoms with E-state index in [1.54, 1.807) is 0 Å². The number of hydrogen-bond acceptors (Lipinski definition) is 3. The molecule has 0 bridgehead atoms. The van der Waals surface area contributed by atoms with Gasteiger partial charge >= 0.3 is 0 Å². The lowest BCUT2D eigenvalue weighted by Gasteiger charge is -2.34. The van der Waals surface area contributed by atoms with Gasteiger partial charge in [-0.05, 0) is 38.5 Å². The first kappa shape index (κ1) is 17.7. The van der Waals surface area contributed by atoms with Crippen LogP contribution in [0.25, 0.3) is 5.69 Å². The van der Waals surface area contributed by atoms with E-state index >= 15 is 0 Å². The number of β-amino-alcohol motifs (C(OH)–C–C–N with tert-alkyl or cyclic N) is 1. The fourth-order valence-electron chi connectivity index (χ4n) is 3.65. The zero-order chi connectivity index (χ0) is 18.0. The fraction of sp³-hybridized carbons (Fsp3) is 0.450. The van der Waals surface area contributed by atoms with Gasteiger partial charge in [0.25, 0.3) is 5.91 Å². The van der Waals surface area contributed by atoms with Crippen LogP contribution in [0.4, 0.5) is 0 Å². The molecule has 1 fully saturated rings. The molecule has 5 heteroatoms. The van der Waals surface area contributed by atoms with Crippen LogP contribution in [0.1, 0.15) is 27.3 Å². The summed E-state index contributed by atoms with van der Waals surface area (Å²) in [5.41, 5.74) is 5.19. The molecule has 2 heterocycles. The molecule has 5 nitrogen and oxygen atoms in total. The Labute approximate surface area is 149 Å². The molecule has 3 rings (SSSR count). The van der Waals surface area contributed by atoms with Crippen molar-refractivity contribution in [1.82, 2.24) is 14.4 Å². The second-order valence-electron chi connectivity index (χ2n) is 6.76.